The fourth-order valence-electron chi connectivity index (χ4n) is 2.26. The van der Waals surface area contributed by atoms with E-state index in [1.165, 1.54) is 4.31 Å². The molecule has 0 bridgehead atoms. The van der Waals surface area contributed by atoms with Crippen molar-refractivity contribution in [2.75, 3.05) is 18.0 Å². The molecule has 22 heavy (non-hydrogen) atoms. The molecule has 2 aromatic carbocycles. The maximum Gasteiger partial charge on any atom is 0.264 e. The molecule has 0 radical (unpaired) electrons. The van der Waals surface area contributed by atoms with Crippen LogP contribution in [0.15, 0.2) is 47.4 Å². The summed E-state index contributed by atoms with van der Waals surface area (Å²) >= 11 is 5.97. The number of aryl methyl sites for hydroxylation is 1. The van der Waals surface area contributed by atoms with Crippen LogP contribution < -0.4 is 9.04 Å². The van der Waals surface area contributed by atoms with Gasteiger partial charge in [-0.25, -0.2) is 8.42 Å². The van der Waals surface area contributed by atoms with Crippen molar-refractivity contribution in [2.24, 2.45) is 0 Å². The summed E-state index contributed by atoms with van der Waals surface area (Å²) in [6.07, 6.45) is 0. The van der Waals surface area contributed by atoms with Crippen LogP contribution in [0.4, 0.5) is 5.69 Å². The van der Waals surface area contributed by atoms with Crippen LogP contribution in [-0.2, 0) is 10.0 Å². The number of hydrogen-bond donors (Lipinski definition) is 0. The van der Waals surface area contributed by atoms with Gasteiger partial charge in [0.15, 0.2) is 0 Å². The Bertz CT molecular complexity index is 775. The lowest BCUT2D eigenvalue weighted by atomic mass is 10.2. The fourth-order valence-corrected chi connectivity index (χ4v) is 4.00. The van der Waals surface area contributed by atoms with Crippen molar-refractivity contribution < 1.29 is 13.2 Å². The Labute approximate surface area is 136 Å². The average Bonchev–Trinajstić information content (AvgIpc) is 2.47. The van der Waals surface area contributed by atoms with E-state index in [1.54, 1.807) is 56.5 Å². The molecule has 0 heterocycles. The number of halogens is 1. The van der Waals surface area contributed by atoms with Crippen LogP contribution in [0.25, 0.3) is 0 Å². The van der Waals surface area contributed by atoms with Gasteiger partial charge in [0, 0.05) is 11.6 Å². The van der Waals surface area contributed by atoms with Gasteiger partial charge in [0.1, 0.15) is 5.75 Å². The molecular formula is C16H18ClNO3S. The second-order valence-corrected chi connectivity index (χ2v) is 7.08. The van der Waals surface area contributed by atoms with Crippen molar-refractivity contribution in [1.29, 1.82) is 0 Å². The topological polar surface area (TPSA) is 46.6 Å². The summed E-state index contributed by atoms with van der Waals surface area (Å²) in [5.41, 5.74) is 1.31. The molecule has 0 saturated heterocycles. The highest BCUT2D eigenvalue weighted by Crippen LogP contribution is 2.28. The number of sulfonamides is 1. The molecule has 2 rings (SSSR count). The predicted octanol–water partition coefficient (Wildman–Crippen LogP) is 3.87. The molecule has 0 unspecified atom stereocenters. The van der Waals surface area contributed by atoms with Crippen LogP contribution in [0.1, 0.15) is 12.5 Å². The largest absolute Gasteiger partial charge is 0.496 e. The molecule has 0 aromatic heterocycles. The second kappa shape index (κ2) is 6.58. The van der Waals surface area contributed by atoms with Crippen LogP contribution in [0.3, 0.4) is 0 Å². The maximum atomic E-state index is 12.9. The lowest BCUT2D eigenvalue weighted by Crippen LogP contribution is -2.30. The average molecular weight is 340 g/mol. The SMILES string of the molecule is CCN(c1cccc(Cl)c1)S(=O)(=O)c1ccc(OC)c(C)c1. The Kier molecular flexibility index (Phi) is 4.98. The summed E-state index contributed by atoms with van der Waals surface area (Å²) in [4.78, 5) is 0.229. The molecule has 0 saturated carbocycles. The lowest BCUT2D eigenvalue weighted by molar-refractivity contribution is 0.411. The van der Waals surface area contributed by atoms with Gasteiger partial charge in [-0.15, -0.1) is 0 Å². The van der Waals surface area contributed by atoms with E-state index in [0.717, 1.165) is 5.56 Å². The Hall–Kier alpha value is -1.72. The first kappa shape index (κ1) is 16.6. The fraction of sp³-hybridized carbons (Fsp3) is 0.250. The molecule has 2 aromatic rings. The molecule has 6 heteroatoms. The number of nitrogens with zero attached hydrogens (tertiary/aromatic N) is 1. The van der Waals surface area contributed by atoms with Gasteiger partial charge in [0.05, 0.1) is 17.7 Å². The van der Waals surface area contributed by atoms with Crippen LogP contribution >= 0.6 is 11.6 Å². The summed E-state index contributed by atoms with van der Waals surface area (Å²) < 4.78 is 32.2. The van der Waals surface area contributed by atoms with Gasteiger partial charge >= 0.3 is 0 Å². The number of rotatable bonds is 5. The van der Waals surface area contributed by atoms with Crippen molar-refractivity contribution >= 4 is 27.3 Å². The quantitative estimate of drug-likeness (QED) is 0.830. The van der Waals surface area contributed by atoms with Gasteiger partial charge in [-0.2, -0.15) is 0 Å². The third-order valence-corrected chi connectivity index (χ3v) is 5.47. The number of benzene rings is 2. The second-order valence-electron chi connectivity index (χ2n) is 4.78. The Morgan fingerprint density at radius 2 is 1.91 bits per heavy atom. The Morgan fingerprint density at radius 1 is 1.18 bits per heavy atom. The van der Waals surface area contributed by atoms with Crippen LogP contribution in [-0.4, -0.2) is 22.1 Å². The third kappa shape index (κ3) is 3.20. The van der Waals surface area contributed by atoms with Crippen molar-refractivity contribution in [2.45, 2.75) is 18.7 Å². The van der Waals surface area contributed by atoms with Crippen molar-refractivity contribution in [3.63, 3.8) is 0 Å². The van der Waals surface area contributed by atoms with Crippen molar-refractivity contribution in [1.82, 2.24) is 0 Å². The van der Waals surface area contributed by atoms with E-state index in [1.807, 2.05) is 6.92 Å². The number of anilines is 1. The summed E-state index contributed by atoms with van der Waals surface area (Å²) in [6, 6.07) is 11.6. The first-order chi connectivity index (χ1) is 10.4. The van der Waals surface area contributed by atoms with E-state index in [2.05, 4.69) is 0 Å². The summed E-state index contributed by atoms with van der Waals surface area (Å²) in [5.74, 6) is 0.657. The van der Waals surface area contributed by atoms with Gasteiger partial charge in [0.25, 0.3) is 10.0 Å². The summed E-state index contributed by atoms with van der Waals surface area (Å²) in [7, 11) is -2.09. The summed E-state index contributed by atoms with van der Waals surface area (Å²) in [5, 5.41) is 0.497. The summed E-state index contributed by atoms with van der Waals surface area (Å²) in [6.45, 7) is 3.91. The predicted molar refractivity (Wildman–Crippen MR) is 89.4 cm³/mol. The highest BCUT2D eigenvalue weighted by atomic mass is 35.5. The highest BCUT2D eigenvalue weighted by Gasteiger charge is 2.24. The molecule has 0 atom stereocenters. The molecule has 0 aliphatic rings. The first-order valence-electron chi connectivity index (χ1n) is 6.83. The normalized spacial score (nSPS) is 11.3. The van der Waals surface area contributed by atoms with Crippen LogP contribution in [0.5, 0.6) is 5.75 Å². The molecule has 0 spiro atoms. The molecule has 118 valence electrons. The van der Waals surface area contributed by atoms with E-state index in [4.69, 9.17) is 16.3 Å². The highest BCUT2D eigenvalue weighted by molar-refractivity contribution is 7.92. The minimum atomic E-state index is -3.65. The number of hydrogen-bond acceptors (Lipinski definition) is 3. The third-order valence-electron chi connectivity index (χ3n) is 3.34. The minimum Gasteiger partial charge on any atom is -0.496 e. The smallest absolute Gasteiger partial charge is 0.264 e. The molecule has 0 aliphatic heterocycles. The standard InChI is InChI=1S/C16H18ClNO3S/c1-4-18(14-7-5-6-13(17)11-14)22(19,20)15-8-9-16(21-3)12(2)10-15/h5-11H,4H2,1-3H3. The zero-order valence-electron chi connectivity index (χ0n) is 12.7. The first-order valence-corrected chi connectivity index (χ1v) is 8.65. The van der Waals surface area contributed by atoms with E-state index >= 15 is 0 Å². The van der Waals surface area contributed by atoms with Gasteiger partial charge in [0.2, 0.25) is 0 Å². The molecule has 4 nitrogen and oxygen atoms in total. The zero-order chi connectivity index (χ0) is 16.3. The van der Waals surface area contributed by atoms with Gasteiger partial charge < -0.3 is 4.74 Å². The number of methoxy groups -OCH3 is 1. The zero-order valence-corrected chi connectivity index (χ0v) is 14.3. The maximum absolute atomic E-state index is 12.9. The minimum absolute atomic E-state index is 0.229. The van der Waals surface area contributed by atoms with Gasteiger partial charge in [-0.05, 0) is 55.8 Å². The molecular weight excluding hydrogens is 322 g/mol. The van der Waals surface area contributed by atoms with Gasteiger partial charge in [-0.3, -0.25) is 4.31 Å². The number of ether oxygens (including phenoxy) is 1. The van der Waals surface area contributed by atoms with E-state index in [-0.39, 0.29) is 4.90 Å². The Balaban J connectivity index is 2.49. The van der Waals surface area contributed by atoms with Crippen molar-refractivity contribution in [3.05, 3.63) is 53.1 Å². The molecule has 0 fully saturated rings. The molecule has 0 aliphatic carbocycles. The monoisotopic (exact) mass is 339 g/mol. The van der Waals surface area contributed by atoms with E-state index < -0.39 is 10.0 Å². The van der Waals surface area contributed by atoms with E-state index in [9.17, 15) is 8.42 Å². The van der Waals surface area contributed by atoms with Crippen LogP contribution in [0, 0.1) is 6.92 Å². The molecule has 0 N–H and O–H groups in total. The van der Waals surface area contributed by atoms with Crippen molar-refractivity contribution in [3.8, 4) is 5.75 Å². The van der Waals surface area contributed by atoms with Gasteiger partial charge in [-0.1, -0.05) is 17.7 Å². The lowest BCUT2D eigenvalue weighted by Gasteiger charge is -2.23. The van der Waals surface area contributed by atoms with Crippen LogP contribution in [0.2, 0.25) is 5.02 Å². The Morgan fingerprint density at radius 3 is 2.45 bits per heavy atom. The van der Waals surface area contributed by atoms with E-state index in [0.29, 0.717) is 23.0 Å². The molecule has 0 amide bonds.